The van der Waals surface area contributed by atoms with Crippen molar-refractivity contribution in [2.45, 2.75) is 37.7 Å². The predicted molar refractivity (Wildman–Crippen MR) is 164 cm³/mol. The number of nitrogens with two attached hydrogens (primary N) is 1. The predicted octanol–water partition coefficient (Wildman–Crippen LogP) is 4.94. The minimum absolute atomic E-state index is 0.0296. The second kappa shape index (κ2) is 17.6. The van der Waals surface area contributed by atoms with Gasteiger partial charge in [0.25, 0.3) is 5.91 Å². The minimum Gasteiger partial charge on any atom is -0.481 e. The van der Waals surface area contributed by atoms with E-state index in [9.17, 15) is 35.9 Å². The number of likely N-dealkylation sites (tertiary alicyclic amines) is 1. The van der Waals surface area contributed by atoms with Crippen molar-refractivity contribution in [3.8, 4) is 17.0 Å². The van der Waals surface area contributed by atoms with Crippen LogP contribution in [0.5, 0.6) is 5.88 Å². The number of carbonyl (C=O) groups excluding carboxylic acids is 2. The Labute approximate surface area is 280 Å². The van der Waals surface area contributed by atoms with Crippen LogP contribution in [0.15, 0.2) is 66.9 Å². The van der Waals surface area contributed by atoms with Crippen LogP contribution in [-0.2, 0) is 25.5 Å². The smallest absolute Gasteiger partial charge is 0.481 e. The lowest BCUT2D eigenvalue weighted by molar-refractivity contribution is -0.193. The zero-order valence-corrected chi connectivity index (χ0v) is 26.4. The third-order valence-corrected chi connectivity index (χ3v) is 7.12. The highest BCUT2D eigenvalue weighted by atomic mass is 19.4. The molecular weight excluding hydrogens is 682 g/mol. The number of benzene rings is 2. The van der Waals surface area contributed by atoms with Gasteiger partial charge in [-0.3, -0.25) is 15.0 Å². The molecule has 50 heavy (non-hydrogen) atoms. The molecule has 1 amide bonds. The summed E-state index contributed by atoms with van der Waals surface area (Å²) in [7, 11) is 2.94. The number of hydrogen-bond acceptors (Lipinski definition) is 8. The number of nitrogens with one attached hydrogen (secondary N) is 1. The van der Waals surface area contributed by atoms with Crippen LogP contribution in [0.4, 0.5) is 26.3 Å². The summed E-state index contributed by atoms with van der Waals surface area (Å²) in [6, 6.07) is 18.1. The number of aliphatic carboxylic acids is 2. The topological polar surface area (TPSA) is 193 Å². The molecule has 0 spiro atoms. The van der Waals surface area contributed by atoms with E-state index in [4.69, 9.17) is 40.4 Å². The van der Waals surface area contributed by atoms with Crippen LogP contribution >= 0.6 is 0 Å². The number of carboxylic acids is 2. The number of ether oxygens (including phenoxy) is 2. The average Bonchev–Trinajstić information content (AvgIpc) is 3.56. The number of carbonyl (C=O) groups is 4. The Bertz CT molecular complexity index is 1620. The van der Waals surface area contributed by atoms with Gasteiger partial charge in [-0.25, -0.2) is 14.6 Å². The molecular formula is C32H32F6N4O8. The van der Waals surface area contributed by atoms with Gasteiger partial charge in [-0.1, -0.05) is 30.3 Å². The van der Waals surface area contributed by atoms with E-state index >= 15 is 0 Å². The van der Waals surface area contributed by atoms with Crippen LogP contribution in [-0.4, -0.2) is 88.9 Å². The van der Waals surface area contributed by atoms with Crippen molar-refractivity contribution in [2.24, 2.45) is 11.7 Å². The Morgan fingerprint density at radius 1 is 0.920 bits per heavy atom. The molecule has 1 aromatic heterocycles. The number of methoxy groups -OCH3 is 2. The summed E-state index contributed by atoms with van der Waals surface area (Å²) in [5, 5.41) is 21.9. The lowest BCUT2D eigenvalue weighted by atomic mass is 9.89. The zero-order chi connectivity index (χ0) is 37.8. The van der Waals surface area contributed by atoms with Gasteiger partial charge in [-0.05, 0) is 54.7 Å². The van der Waals surface area contributed by atoms with Gasteiger partial charge in [0.1, 0.15) is 5.84 Å². The molecule has 5 N–H and O–H groups in total. The highest BCUT2D eigenvalue weighted by Crippen LogP contribution is 2.30. The van der Waals surface area contributed by atoms with E-state index in [2.05, 4.69) is 4.98 Å². The number of halogens is 6. The number of carboxylic acid groups (broad SMARTS) is 2. The van der Waals surface area contributed by atoms with Crippen LogP contribution in [0.2, 0.25) is 0 Å². The van der Waals surface area contributed by atoms with Gasteiger partial charge < -0.3 is 30.3 Å². The fraction of sp³-hybridized carbons (Fsp3) is 0.312. The molecule has 4 rings (SSSR count). The lowest BCUT2D eigenvalue weighted by Crippen LogP contribution is -2.44. The first kappa shape index (κ1) is 40.5. The van der Waals surface area contributed by atoms with Crippen LogP contribution in [0.1, 0.15) is 34.3 Å². The third kappa shape index (κ3) is 11.8. The van der Waals surface area contributed by atoms with Crippen LogP contribution < -0.4 is 10.5 Å². The van der Waals surface area contributed by atoms with Crippen molar-refractivity contribution in [3.05, 3.63) is 83.6 Å². The molecule has 0 aliphatic carbocycles. The number of alkyl halides is 6. The van der Waals surface area contributed by atoms with E-state index in [0.717, 1.165) is 23.1 Å². The molecule has 2 atom stereocenters. The fourth-order valence-corrected chi connectivity index (χ4v) is 4.75. The van der Waals surface area contributed by atoms with E-state index in [1.165, 1.54) is 7.11 Å². The van der Waals surface area contributed by atoms with Gasteiger partial charge >= 0.3 is 30.3 Å². The third-order valence-electron chi connectivity index (χ3n) is 7.12. The summed E-state index contributed by atoms with van der Waals surface area (Å²) in [5.74, 6) is -5.98. The van der Waals surface area contributed by atoms with Gasteiger partial charge in [0.15, 0.2) is 0 Å². The van der Waals surface area contributed by atoms with Gasteiger partial charge in [0.2, 0.25) is 5.88 Å². The van der Waals surface area contributed by atoms with Crippen molar-refractivity contribution < 1.29 is 65.2 Å². The number of nitrogen functional groups attached to an aromatic ring is 1. The molecule has 0 bridgehead atoms. The molecule has 0 radical (unpaired) electrons. The monoisotopic (exact) mass is 714 g/mol. The summed E-state index contributed by atoms with van der Waals surface area (Å²) in [6.45, 7) is 0.578. The second-order valence-corrected chi connectivity index (χ2v) is 10.4. The average molecular weight is 715 g/mol. The Morgan fingerprint density at radius 2 is 1.48 bits per heavy atom. The standard InChI is InChI=1S/C28H30N4O4.2C2HF3O2/c1-35-25-13-12-22(17-31-25)19-8-10-20(11-9-19)27(33)32-14-4-7-24(32)23(28(34)36-2)16-18-5-3-6-21(15-18)26(29)30;2*3-2(4,5)1(6)7/h3,5-6,8-13,15,17,23-24H,4,7,14,16H2,1-2H3,(H3,29,30);2*(H,6,7). The number of pyridine rings is 1. The van der Waals surface area contributed by atoms with Crippen LogP contribution in [0, 0.1) is 11.3 Å². The molecule has 0 saturated carbocycles. The summed E-state index contributed by atoms with van der Waals surface area (Å²) >= 11 is 0. The molecule has 3 aromatic rings. The number of nitrogens with zero attached hydrogens (tertiary/aromatic N) is 2. The molecule has 1 aliphatic heterocycles. The Kier molecular flexibility index (Phi) is 14.3. The van der Waals surface area contributed by atoms with Crippen molar-refractivity contribution in [1.29, 1.82) is 5.41 Å². The highest BCUT2D eigenvalue weighted by Gasteiger charge is 2.40. The Morgan fingerprint density at radius 3 is 1.94 bits per heavy atom. The van der Waals surface area contributed by atoms with Crippen molar-refractivity contribution in [1.82, 2.24) is 9.88 Å². The van der Waals surface area contributed by atoms with Gasteiger partial charge in [0, 0.05) is 41.5 Å². The first-order valence-electron chi connectivity index (χ1n) is 14.3. The molecule has 1 fully saturated rings. The normalized spacial score (nSPS) is 14.6. The van der Waals surface area contributed by atoms with E-state index < -0.39 is 30.2 Å². The zero-order valence-electron chi connectivity index (χ0n) is 26.4. The van der Waals surface area contributed by atoms with Gasteiger partial charge in [-0.2, -0.15) is 26.3 Å². The first-order chi connectivity index (χ1) is 23.3. The number of amidine groups is 1. The Hall–Kier alpha value is -5.68. The summed E-state index contributed by atoms with van der Waals surface area (Å²) < 4.78 is 73.7. The maximum atomic E-state index is 13.5. The van der Waals surface area contributed by atoms with E-state index in [1.807, 2.05) is 36.4 Å². The summed E-state index contributed by atoms with van der Waals surface area (Å²) in [4.78, 5) is 50.2. The molecule has 270 valence electrons. The van der Waals surface area contributed by atoms with E-state index in [1.54, 1.807) is 42.5 Å². The lowest BCUT2D eigenvalue weighted by Gasteiger charge is -2.30. The van der Waals surface area contributed by atoms with Crippen molar-refractivity contribution >= 4 is 29.7 Å². The quantitative estimate of drug-likeness (QED) is 0.107. The number of hydrogen-bond donors (Lipinski definition) is 4. The van der Waals surface area contributed by atoms with Gasteiger partial charge in [-0.15, -0.1) is 0 Å². The number of rotatable bonds is 8. The van der Waals surface area contributed by atoms with Crippen LogP contribution in [0.25, 0.3) is 11.1 Å². The maximum absolute atomic E-state index is 13.5. The molecule has 1 saturated heterocycles. The number of esters is 1. The van der Waals surface area contributed by atoms with Crippen molar-refractivity contribution in [2.75, 3.05) is 20.8 Å². The molecule has 12 nitrogen and oxygen atoms in total. The largest absolute Gasteiger partial charge is 0.490 e. The summed E-state index contributed by atoms with van der Waals surface area (Å²) in [5.41, 5.74) is 9.54. The van der Waals surface area contributed by atoms with E-state index in [-0.39, 0.29) is 23.8 Å². The molecule has 18 heteroatoms. The van der Waals surface area contributed by atoms with Crippen molar-refractivity contribution in [3.63, 3.8) is 0 Å². The molecule has 2 heterocycles. The van der Waals surface area contributed by atoms with Crippen LogP contribution in [0.3, 0.4) is 0 Å². The van der Waals surface area contributed by atoms with Gasteiger partial charge in [0.05, 0.1) is 20.1 Å². The van der Waals surface area contributed by atoms with E-state index in [0.29, 0.717) is 36.4 Å². The summed E-state index contributed by atoms with van der Waals surface area (Å²) in [6.07, 6.45) is -6.51. The molecule has 1 aliphatic rings. The minimum atomic E-state index is -5.08. The Balaban J connectivity index is 0.000000521. The maximum Gasteiger partial charge on any atom is 0.490 e. The fourth-order valence-electron chi connectivity index (χ4n) is 4.75. The molecule has 2 unspecified atom stereocenters. The highest BCUT2D eigenvalue weighted by molar-refractivity contribution is 5.96. The number of aromatic nitrogens is 1. The first-order valence-corrected chi connectivity index (χ1v) is 14.3. The second-order valence-electron chi connectivity index (χ2n) is 10.4. The molecule has 2 aromatic carbocycles. The SMILES string of the molecule is COC(=O)C(Cc1cccc(C(=N)N)c1)C1CCCN1C(=O)c1ccc(-c2ccc(OC)nc2)cc1.O=C(O)C(F)(F)F.O=C(O)C(F)(F)F. The number of amides is 1.